The minimum Gasteiger partial charge on any atom is -0.479 e. The van der Waals surface area contributed by atoms with E-state index in [9.17, 15) is 24.6 Å². The van der Waals surface area contributed by atoms with Gasteiger partial charge in [-0.05, 0) is 11.1 Å². The molecule has 7 nitrogen and oxygen atoms in total. The summed E-state index contributed by atoms with van der Waals surface area (Å²) in [5, 5.41) is 19.7. The van der Waals surface area contributed by atoms with E-state index in [1.807, 2.05) is 40.8 Å². The molecule has 2 atom stereocenters. The molecule has 2 aromatic carbocycles. The number of urea groups is 1. The Kier molecular flexibility index (Phi) is 5.36. The zero-order chi connectivity index (χ0) is 19.6. The van der Waals surface area contributed by atoms with Gasteiger partial charge in [0.05, 0.1) is 0 Å². The summed E-state index contributed by atoms with van der Waals surface area (Å²) >= 11 is 1.86. The van der Waals surface area contributed by atoms with Gasteiger partial charge >= 0.3 is 18.1 Å². The number of carboxylic acid groups (broad SMARTS) is 2. The summed E-state index contributed by atoms with van der Waals surface area (Å²) in [5.74, 6) is -1.35. The number of aliphatic carboxylic acids is 1. The third kappa shape index (κ3) is 3.36. The number of nitrogens with zero attached hydrogens (tertiary/aromatic N) is 2. The van der Waals surface area contributed by atoms with E-state index in [0.717, 1.165) is 5.56 Å². The smallest absolute Gasteiger partial charge is 0.416 e. The first-order valence-corrected chi connectivity index (χ1v) is 9.41. The standard InChI is InChI=1S/C19H17IN2O5/c20-15-19(16(23)24,11-13-7-3-1-4-8-13)22(18(26)27)17(25)21(15)12-14-9-5-2-6-10-14/h1-10,15H,11-12H2,(H,23,24)(H,26,27). The highest BCUT2D eigenvalue weighted by molar-refractivity contribution is 14.1. The van der Waals surface area contributed by atoms with Crippen molar-refractivity contribution < 1.29 is 24.6 Å². The largest absolute Gasteiger partial charge is 0.479 e. The minimum atomic E-state index is -1.92. The van der Waals surface area contributed by atoms with Crippen LogP contribution in [0.1, 0.15) is 11.1 Å². The van der Waals surface area contributed by atoms with Crippen molar-refractivity contribution in [1.82, 2.24) is 9.80 Å². The number of imide groups is 1. The number of halogens is 1. The molecule has 27 heavy (non-hydrogen) atoms. The van der Waals surface area contributed by atoms with Gasteiger partial charge in [0.2, 0.25) is 0 Å². The van der Waals surface area contributed by atoms with Crippen LogP contribution >= 0.6 is 22.6 Å². The molecule has 1 fully saturated rings. The summed E-state index contributed by atoms with van der Waals surface area (Å²) in [5.41, 5.74) is -0.486. The fourth-order valence-electron chi connectivity index (χ4n) is 3.28. The van der Waals surface area contributed by atoms with Gasteiger partial charge in [-0.15, -0.1) is 0 Å². The van der Waals surface area contributed by atoms with Crippen molar-refractivity contribution in [3.8, 4) is 0 Å². The van der Waals surface area contributed by atoms with Crippen LogP contribution in [0, 0.1) is 0 Å². The number of alkyl halides is 1. The lowest BCUT2D eigenvalue weighted by atomic mass is 9.90. The molecule has 0 aromatic heterocycles. The molecule has 1 saturated heterocycles. The topological polar surface area (TPSA) is 98.2 Å². The summed E-state index contributed by atoms with van der Waals surface area (Å²) in [6, 6.07) is 16.9. The number of hydrogen-bond acceptors (Lipinski definition) is 3. The maximum atomic E-state index is 12.9. The van der Waals surface area contributed by atoms with Gasteiger partial charge in [-0.25, -0.2) is 19.3 Å². The van der Waals surface area contributed by atoms with Crippen molar-refractivity contribution in [3.05, 3.63) is 71.8 Å². The lowest BCUT2D eigenvalue weighted by Crippen LogP contribution is -2.59. The summed E-state index contributed by atoms with van der Waals surface area (Å²) < 4.78 is -0.878. The molecule has 0 aliphatic carbocycles. The van der Waals surface area contributed by atoms with E-state index in [2.05, 4.69) is 0 Å². The molecule has 3 amide bonds. The fourth-order valence-corrected chi connectivity index (χ4v) is 4.48. The highest BCUT2D eigenvalue weighted by Gasteiger charge is 2.64. The number of carbonyl (C=O) groups is 3. The van der Waals surface area contributed by atoms with Crippen LogP contribution in [0.2, 0.25) is 0 Å². The van der Waals surface area contributed by atoms with Gasteiger partial charge in [0.25, 0.3) is 0 Å². The Morgan fingerprint density at radius 2 is 1.48 bits per heavy atom. The van der Waals surface area contributed by atoms with Crippen LogP contribution in [0.4, 0.5) is 9.59 Å². The molecule has 0 saturated carbocycles. The Balaban J connectivity index is 2.05. The van der Waals surface area contributed by atoms with Crippen LogP contribution in [-0.4, -0.2) is 47.7 Å². The third-order valence-electron chi connectivity index (χ3n) is 4.58. The van der Waals surface area contributed by atoms with Crippen molar-refractivity contribution in [2.24, 2.45) is 0 Å². The van der Waals surface area contributed by atoms with E-state index in [0.29, 0.717) is 10.5 Å². The molecule has 0 radical (unpaired) electrons. The monoisotopic (exact) mass is 480 g/mol. The Morgan fingerprint density at radius 1 is 0.963 bits per heavy atom. The van der Waals surface area contributed by atoms with E-state index in [1.165, 1.54) is 4.90 Å². The number of amides is 3. The first kappa shape index (κ1) is 19.2. The zero-order valence-electron chi connectivity index (χ0n) is 14.2. The van der Waals surface area contributed by atoms with E-state index >= 15 is 0 Å². The number of carboxylic acids is 1. The molecule has 1 aliphatic heterocycles. The maximum absolute atomic E-state index is 12.9. The van der Waals surface area contributed by atoms with E-state index in [1.54, 1.807) is 42.5 Å². The van der Waals surface area contributed by atoms with E-state index in [-0.39, 0.29) is 13.0 Å². The number of carbonyl (C=O) groups excluding carboxylic acids is 1. The summed E-state index contributed by atoms with van der Waals surface area (Å²) in [7, 11) is 0. The molecule has 3 rings (SSSR count). The summed E-state index contributed by atoms with van der Waals surface area (Å²) in [6.07, 6.45) is -1.68. The van der Waals surface area contributed by atoms with Crippen LogP contribution in [-0.2, 0) is 17.8 Å². The second kappa shape index (κ2) is 7.55. The predicted octanol–water partition coefficient (Wildman–Crippen LogP) is 3.43. The Bertz CT molecular complexity index is 861. The predicted molar refractivity (Wildman–Crippen MR) is 106 cm³/mol. The first-order valence-electron chi connectivity index (χ1n) is 8.17. The van der Waals surface area contributed by atoms with Gasteiger partial charge in [0.15, 0.2) is 5.54 Å². The third-order valence-corrected chi connectivity index (χ3v) is 6.28. The fraction of sp³-hybridized carbons (Fsp3) is 0.211. The Hall–Kier alpha value is -2.62. The van der Waals surface area contributed by atoms with Gasteiger partial charge in [-0.3, -0.25) is 0 Å². The van der Waals surface area contributed by atoms with Crippen LogP contribution < -0.4 is 0 Å². The number of hydrogen-bond donors (Lipinski definition) is 2. The average molecular weight is 480 g/mol. The minimum absolute atomic E-state index is 0.111. The van der Waals surface area contributed by atoms with Crippen molar-refractivity contribution >= 4 is 40.7 Å². The maximum Gasteiger partial charge on any atom is 0.416 e. The van der Waals surface area contributed by atoms with E-state index in [4.69, 9.17) is 0 Å². The quantitative estimate of drug-likeness (QED) is 0.388. The number of benzene rings is 2. The lowest BCUT2D eigenvalue weighted by molar-refractivity contribution is -0.147. The zero-order valence-corrected chi connectivity index (χ0v) is 16.3. The number of rotatable bonds is 5. The van der Waals surface area contributed by atoms with Crippen LogP contribution in [0.15, 0.2) is 60.7 Å². The van der Waals surface area contributed by atoms with Crippen molar-refractivity contribution in [3.63, 3.8) is 0 Å². The second-order valence-corrected chi connectivity index (χ2v) is 7.42. The van der Waals surface area contributed by atoms with Gasteiger partial charge in [-0.2, -0.15) is 0 Å². The molecular formula is C19H17IN2O5. The van der Waals surface area contributed by atoms with Crippen LogP contribution in [0.3, 0.4) is 0 Å². The van der Waals surface area contributed by atoms with Crippen LogP contribution in [0.5, 0.6) is 0 Å². The molecule has 0 spiro atoms. The molecule has 1 heterocycles. The molecule has 8 heteroatoms. The summed E-state index contributed by atoms with van der Waals surface area (Å²) in [4.78, 5) is 38.8. The molecule has 2 aromatic rings. The highest BCUT2D eigenvalue weighted by atomic mass is 127. The highest BCUT2D eigenvalue weighted by Crippen LogP contribution is 2.41. The van der Waals surface area contributed by atoms with Gasteiger partial charge in [0, 0.05) is 13.0 Å². The Morgan fingerprint density at radius 3 is 1.96 bits per heavy atom. The van der Waals surface area contributed by atoms with Gasteiger partial charge in [0.1, 0.15) is 4.05 Å². The van der Waals surface area contributed by atoms with Crippen molar-refractivity contribution in [2.75, 3.05) is 0 Å². The Labute approximate surface area is 169 Å². The lowest BCUT2D eigenvalue weighted by Gasteiger charge is -2.33. The first-order chi connectivity index (χ1) is 12.9. The van der Waals surface area contributed by atoms with Crippen LogP contribution in [0.25, 0.3) is 0 Å². The molecule has 1 aliphatic rings. The second-order valence-electron chi connectivity index (χ2n) is 6.24. The average Bonchev–Trinajstić information content (AvgIpc) is 2.86. The SMILES string of the molecule is O=C(O)N1C(=O)N(Cc2ccccc2)C(I)C1(Cc1ccccc1)C(=O)O. The van der Waals surface area contributed by atoms with Crippen molar-refractivity contribution in [1.29, 1.82) is 0 Å². The van der Waals surface area contributed by atoms with Gasteiger partial charge in [-0.1, -0.05) is 83.3 Å². The molecule has 140 valence electrons. The molecule has 0 bridgehead atoms. The van der Waals surface area contributed by atoms with Crippen molar-refractivity contribution in [2.45, 2.75) is 22.6 Å². The molecule has 2 N–H and O–H groups in total. The molecular weight excluding hydrogens is 463 g/mol. The normalized spacial score (nSPS) is 22.1. The summed E-state index contributed by atoms with van der Waals surface area (Å²) in [6.45, 7) is 0.126. The molecule has 2 unspecified atom stereocenters. The van der Waals surface area contributed by atoms with Gasteiger partial charge < -0.3 is 15.1 Å². The van der Waals surface area contributed by atoms with E-state index < -0.39 is 27.7 Å².